The van der Waals surface area contributed by atoms with Gasteiger partial charge in [0.05, 0.1) is 6.61 Å². The van der Waals surface area contributed by atoms with Crippen molar-refractivity contribution in [3.05, 3.63) is 0 Å². The number of carboxylic acids is 1. The van der Waals surface area contributed by atoms with Crippen LogP contribution in [-0.4, -0.2) is 53.8 Å². The minimum Gasteiger partial charge on any atom is -0.479 e. The molecule has 2 rings (SSSR count). The highest BCUT2D eigenvalue weighted by Gasteiger charge is 2.44. The molecule has 1 atom stereocenters. The second-order valence-electron chi connectivity index (χ2n) is 5.17. The molecule has 102 valence electrons. The van der Waals surface area contributed by atoms with E-state index in [9.17, 15) is 14.7 Å². The molecule has 1 heterocycles. The number of urea groups is 1. The highest BCUT2D eigenvalue weighted by molar-refractivity contribution is 5.86. The molecule has 0 radical (unpaired) electrons. The quantitative estimate of drug-likeness (QED) is 0.783. The molecule has 1 aliphatic carbocycles. The molecule has 0 bridgehead atoms. The molecule has 2 aliphatic rings. The monoisotopic (exact) mass is 256 g/mol. The van der Waals surface area contributed by atoms with Gasteiger partial charge >= 0.3 is 12.0 Å². The van der Waals surface area contributed by atoms with Gasteiger partial charge in [-0.2, -0.15) is 0 Å². The first-order valence-corrected chi connectivity index (χ1v) is 6.41. The fourth-order valence-electron chi connectivity index (χ4n) is 2.64. The molecule has 0 aromatic heterocycles. The van der Waals surface area contributed by atoms with Crippen molar-refractivity contribution in [3.63, 3.8) is 0 Å². The van der Waals surface area contributed by atoms with Gasteiger partial charge in [-0.25, -0.2) is 9.59 Å². The molecule has 2 amide bonds. The van der Waals surface area contributed by atoms with E-state index < -0.39 is 11.5 Å². The number of nitrogens with one attached hydrogen (secondary N) is 1. The summed E-state index contributed by atoms with van der Waals surface area (Å²) >= 11 is 0. The first-order chi connectivity index (χ1) is 8.55. The lowest BCUT2D eigenvalue weighted by atomic mass is 9.99. The van der Waals surface area contributed by atoms with Crippen LogP contribution >= 0.6 is 0 Å². The van der Waals surface area contributed by atoms with Crippen molar-refractivity contribution in [3.8, 4) is 0 Å². The largest absolute Gasteiger partial charge is 0.479 e. The first kappa shape index (κ1) is 13.1. The minimum atomic E-state index is -1.25. The Kier molecular flexibility index (Phi) is 3.75. The lowest BCUT2D eigenvalue weighted by Gasteiger charge is -2.30. The van der Waals surface area contributed by atoms with Crippen LogP contribution in [0, 0.1) is 0 Å². The number of carboxylic acid groups (broad SMARTS) is 1. The lowest BCUT2D eigenvalue weighted by molar-refractivity contribution is -0.144. The first-order valence-electron chi connectivity index (χ1n) is 6.41. The van der Waals surface area contributed by atoms with Gasteiger partial charge in [0.25, 0.3) is 0 Å². The lowest BCUT2D eigenvalue weighted by Crippen LogP contribution is -2.59. The molecule has 2 N–H and O–H groups in total. The van der Waals surface area contributed by atoms with Crippen LogP contribution in [0.5, 0.6) is 0 Å². The van der Waals surface area contributed by atoms with Gasteiger partial charge in [-0.3, -0.25) is 0 Å². The Bertz CT molecular complexity index is 333. The summed E-state index contributed by atoms with van der Waals surface area (Å²) in [6.45, 7) is 0.423. The summed E-state index contributed by atoms with van der Waals surface area (Å²) in [7, 11) is 1.73. The summed E-state index contributed by atoms with van der Waals surface area (Å²) in [4.78, 5) is 25.0. The zero-order chi connectivity index (χ0) is 13.2. The summed E-state index contributed by atoms with van der Waals surface area (Å²) in [5.41, 5.74) is -1.25. The standard InChI is InChI=1S/C12H20N2O4/c1-14(9-4-2-3-5-9)11(17)13-12(10(15)16)6-7-18-8-12/h9H,2-8H2,1H3,(H,13,17)(H,15,16). The molecular weight excluding hydrogens is 236 g/mol. The van der Waals surface area contributed by atoms with Gasteiger partial charge in [-0.05, 0) is 12.8 Å². The van der Waals surface area contributed by atoms with E-state index in [2.05, 4.69) is 5.32 Å². The van der Waals surface area contributed by atoms with E-state index in [1.54, 1.807) is 11.9 Å². The fraction of sp³-hybridized carbons (Fsp3) is 0.833. The van der Waals surface area contributed by atoms with Crippen molar-refractivity contribution in [2.45, 2.75) is 43.7 Å². The summed E-state index contributed by atoms with van der Waals surface area (Å²) in [5.74, 6) is -1.02. The summed E-state index contributed by atoms with van der Waals surface area (Å²) in [5, 5.41) is 11.9. The van der Waals surface area contributed by atoms with Gasteiger partial charge in [0.2, 0.25) is 0 Å². The van der Waals surface area contributed by atoms with Crippen molar-refractivity contribution in [2.75, 3.05) is 20.3 Å². The molecular formula is C12H20N2O4. The second-order valence-corrected chi connectivity index (χ2v) is 5.17. The van der Waals surface area contributed by atoms with E-state index in [-0.39, 0.29) is 18.7 Å². The Morgan fingerprint density at radius 1 is 1.39 bits per heavy atom. The molecule has 0 aromatic rings. The Hall–Kier alpha value is -1.30. The highest BCUT2D eigenvalue weighted by atomic mass is 16.5. The predicted octanol–water partition coefficient (Wildman–Crippen LogP) is 0.814. The smallest absolute Gasteiger partial charge is 0.332 e. The van der Waals surface area contributed by atoms with Crippen LogP contribution in [0.2, 0.25) is 0 Å². The Morgan fingerprint density at radius 3 is 2.56 bits per heavy atom. The number of carbonyl (C=O) groups excluding carboxylic acids is 1. The number of aliphatic carboxylic acids is 1. The van der Waals surface area contributed by atoms with Crippen LogP contribution in [-0.2, 0) is 9.53 Å². The van der Waals surface area contributed by atoms with Gasteiger partial charge in [0.15, 0.2) is 5.54 Å². The number of hydrogen-bond acceptors (Lipinski definition) is 3. The number of rotatable bonds is 3. The minimum absolute atomic E-state index is 0.0482. The van der Waals surface area contributed by atoms with Crippen molar-refractivity contribution in [1.82, 2.24) is 10.2 Å². The highest BCUT2D eigenvalue weighted by Crippen LogP contribution is 2.24. The normalized spacial score (nSPS) is 28.3. The summed E-state index contributed by atoms with van der Waals surface area (Å²) in [6, 6.07) is -0.0760. The maximum Gasteiger partial charge on any atom is 0.332 e. The van der Waals surface area contributed by atoms with Gasteiger partial charge < -0.3 is 20.1 Å². The van der Waals surface area contributed by atoms with E-state index >= 15 is 0 Å². The van der Waals surface area contributed by atoms with E-state index in [4.69, 9.17) is 4.74 Å². The number of amides is 2. The molecule has 0 aromatic carbocycles. The predicted molar refractivity (Wildman–Crippen MR) is 64.4 cm³/mol. The van der Waals surface area contributed by atoms with E-state index in [1.807, 2.05) is 0 Å². The van der Waals surface area contributed by atoms with Gasteiger partial charge in [0.1, 0.15) is 0 Å². The van der Waals surface area contributed by atoms with Crippen molar-refractivity contribution < 1.29 is 19.4 Å². The Morgan fingerprint density at radius 2 is 2.06 bits per heavy atom. The van der Waals surface area contributed by atoms with Crippen LogP contribution in [0.25, 0.3) is 0 Å². The molecule has 0 spiro atoms. The summed E-state index contributed by atoms with van der Waals surface area (Å²) in [6.07, 6.45) is 4.60. The van der Waals surface area contributed by atoms with E-state index in [0.717, 1.165) is 25.7 Å². The maximum atomic E-state index is 12.1. The van der Waals surface area contributed by atoms with Crippen LogP contribution in [0.15, 0.2) is 0 Å². The molecule has 6 heteroatoms. The van der Waals surface area contributed by atoms with Crippen LogP contribution < -0.4 is 5.32 Å². The number of ether oxygens (including phenoxy) is 1. The molecule has 1 aliphatic heterocycles. The zero-order valence-electron chi connectivity index (χ0n) is 10.6. The zero-order valence-corrected chi connectivity index (χ0v) is 10.6. The average Bonchev–Trinajstić information content (AvgIpc) is 2.99. The summed E-state index contributed by atoms with van der Waals surface area (Å²) < 4.78 is 5.11. The molecule has 18 heavy (non-hydrogen) atoms. The number of hydrogen-bond donors (Lipinski definition) is 2. The van der Waals surface area contributed by atoms with Crippen LogP contribution in [0.3, 0.4) is 0 Å². The van der Waals surface area contributed by atoms with Gasteiger partial charge in [-0.15, -0.1) is 0 Å². The van der Waals surface area contributed by atoms with E-state index in [0.29, 0.717) is 13.0 Å². The fourth-order valence-corrected chi connectivity index (χ4v) is 2.64. The van der Waals surface area contributed by atoms with E-state index in [1.165, 1.54) is 0 Å². The van der Waals surface area contributed by atoms with Crippen molar-refractivity contribution in [1.29, 1.82) is 0 Å². The number of carbonyl (C=O) groups is 2. The average molecular weight is 256 g/mol. The van der Waals surface area contributed by atoms with Crippen molar-refractivity contribution >= 4 is 12.0 Å². The molecule has 6 nitrogen and oxygen atoms in total. The van der Waals surface area contributed by atoms with Crippen molar-refractivity contribution in [2.24, 2.45) is 0 Å². The van der Waals surface area contributed by atoms with Gasteiger partial charge in [0, 0.05) is 26.1 Å². The Balaban J connectivity index is 1.98. The third kappa shape index (κ3) is 2.43. The molecule has 1 saturated carbocycles. The van der Waals surface area contributed by atoms with Crippen LogP contribution in [0.1, 0.15) is 32.1 Å². The Labute approximate surface area is 106 Å². The van der Waals surface area contributed by atoms with Gasteiger partial charge in [-0.1, -0.05) is 12.8 Å². The second kappa shape index (κ2) is 5.14. The number of nitrogens with zero attached hydrogens (tertiary/aromatic N) is 1. The van der Waals surface area contributed by atoms with Crippen LogP contribution in [0.4, 0.5) is 4.79 Å². The maximum absolute atomic E-state index is 12.1. The molecule has 1 saturated heterocycles. The molecule has 1 unspecified atom stereocenters. The SMILES string of the molecule is CN(C(=O)NC1(C(=O)O)CCOC1)C1CCCC1. The topological polar surface area (TPSA) is 78.9 Å². The molecule has 2 fully saturated rings. The third-order valence-corrected chi connectivity index (χ3v) is 3.97. The third-order valence-electron chi connectivity index (χ3n) is 3.97.